The second kappa shape index (κ2) is 7.39. The summed E-state index contributed by atoms with van der Waals surface area (Å²) in [6.07, 6.45) is 5.82. The fourth-order valence-electron chi connectivity index (χ4n) is 3.46. The molecule has 2 amide bonds. The van der Waals surface area contributed by atoms with Gasteiger partial charge in [-0.15, -0.1) is 0 Å². The zero-order valence-corrected chi connectivity index (χ0v) is 14.4. The maximum absolute atomic E-state index is 12.5. The lowest BCUT2D eigenvalue weighted by Crippen LogP contribution is -2.39. The zero-order chi connectivity index (χ0) is 16.2. The van der Waals surface area contributed by atoms with E-state index in [1.807, 2.05) is 23.9 Å². The van der Waals surface area contributed by atoms with E-state index in [4.69, 9.17) is 0 Å². The summed E-state index contributed by atoms with van der Waals surface area (Å²) in [6, 6.07) is 5.86. The quantitative estimate of drug-likeness (QED) is 0.889. The van der Waals surface area contributed by atoms with Gasteiger partial charge in [-0.05, 0) is 55.2 Å². The summed E-state index contributed by atoms with van der Waals surface area (Å²) in [5, 5.41) is 6.73. The second-order valence-electron chi connectivity index (χ2n) is 6.33. The molecule has 1 aromatic rings. The van der Waals surface area contributed by atoms with Crippen molar-refractivity contribution in [2.75, 3.05) is 11.1 Å². The number of carbonyl (C=O) groups is 2. The molecule has 2 aliphatic rings. The minimum atomic E-state index is 0.0110. The van der Waals surface area contributed by atoms with Gasteiger partial charge in [0, 0.05) is 29.0 Å². The molecule has 0 unspecified atom stereocenters. The Morgan fingerprint density at radius 1 is 1.35 bits per heavy atom. The van der Waals surface area contributed by atoms with Crippen molar-refractivity contribution in [3.63, 3.8) is 0 Å². The Bertz CT molecular complexity index is 601. The monoisotopic (exact) mass is 332 g/mol. The van der Waals surface area contributed by atoms with Gasteiger partial charge >= 0.3 is 0 Å². The Hall–Kier alpha value is -1.49. The lowest BCUT2D eigenvalue weighted by Gasteiger charge is -2.29. The van der Waals surface area contributed by atoms with Crippen LogP contribution in [0.3, 0.4) is 0 Å². The molecule has 1 aliphatic carbocycles. The van der Waals surface area contributed by atoms with Crippen LogP contribution in [-0.2, 0) is 11.2 Å². The van der Waals surface area contributed by atoms with E-state index < -0.39 is 0 Å². The van der Waals surface area contributed by atoms with Crippen molar-refractivity contribution in [1.82, 2.24) is 5.32 Å². The van der Waals surface area contributed by atoms with Crippen LogP contribution >= 0.6 is 11.8 Å². The standard InChI is InChI=1S/C18H24N2O2S/c1-2-23-15-5-3-4-14(11-15)19-18(22)13-6-8-16-12(10-13)7-9-17(21)20-16/h6,8,10,14-15H,2-5,7,9,11H2,1H3,(H,19,22)(H,20,21)/t14-,15+/m1/s1. The van der Waals surface area contributed by atoms with Crippen LogP contribution in [-0.4, -0.2) is 28.9 Å². The lowest BCUT2D eigenvalue weighted by molar-refractivity contribution is -0.116. The minimum absolute atomic E-state index is 0.0110. The molecule has 124 valence electrons. The van der Waals surface area contributed by atoms with Gasteiger partial charge in [0.1, 0.15) is 0 Å². The van der Waals surface area contributed by atoms with Crippen molar-refractivity contribution in [2.45, 2.75) is 56.7 Å². The van der Waals surface area contributed by atoms with E-state index in [1.54, 1.807) is 6.07 Å². The molecule has 1 saturated carbocycles. The number of hydrogen-bond donors (Lipinski definition) is 2. The first-order valence-electron chi connectivity index (χ1n) is 8.51. The van der Waals surface area contributed by atoms with E-state index >= 15 is 0 Å². The molecule has 0 aromatic heterocycles. The van der Waals surface area contributed by atoms with Gasteiger partial charge in [0.05, 0.1) is 0 Å². The summed E-state index contributed by atoms with van der Waals surface area (Å²) in [7, 11) is 0. The highest BCUT2D eigenvalue weighted by atomic mass is 32.2. The van der Waals surface area contributed by atoms with Crippen LogP contribution in [0, 0.1) is 0 Å². The molecular formula is C18H24N2O2S. The maximum atomic E-state index is 12.5. The SMILES string of the molecule is CCS[C@H]1CCC[C@@H](NC(=O)c2ccc3c(c2)CCC(=O)N3)C1. The van der Waals surface area contributed by atoms with Crippen molar-refractivity contribution >= 4 is 29.3 Å². The number of carbonyl (C=O) groups excluding carboxylic acids is 2. The highest BCUT2D eigenvalue weighted by Gasteiger charge is 2.24. The van der Waals surface area contributed by atoms with Crippen LogP contribution in [0.1, 0.15) is 54.9 Å². The average Bonchev–Trinajstić information content (AvgIpc) is 2.55. The van der Waals surface area contributed by atoms with E-state index in [0.29, 0.717) is 23.7 Å². The predicted octanol–water partition coefficient (Wildman–Crippen LogP) is 3.37. The van der Waals surface area contributed by atoms with Crippen LogP contribution < -0.4 is 10.6 Å². The molecule has 2 atom stereocenters. The van der Waals surface area contributed by atoms with Crippen LogP contribution in [0.5, 0.6) is 0 Å². The van der Waals surface area contributed by atoms with Gasteiger partial charge in [0.15, 0.2) is 0 Å². The van der Waals surface area contributed by atoms with E-state index in [0.717, 1.165) is 29.8 Å². The Labute approximate surface area is 141 Å². The first kappa shape index (κ1) is 16.4. The molecule has 0 saturated heterocycles. The molecule has 1 aromatic carbocycles. The van der Waals surface area contributed by atoms with Crippen molar-refractivity contribution in [3.8, 4) is 0 Å². The Morgan fingerprint density at radius 2 is 2.22 bits per heavy atom. The van der Waals surface area contributed by atoms with Crippen LogP contribution in [0.25, 0.3) is 0 Å². The first-order valence-corrected chi connectivity index (χ1v) is 9.56. The molecule has 5 heteroatoms. The van der Waals surface area contributed by atoms with Gasteiger partial charge in [-0.2, -0.15) is 11.8 Å². The number of thioether (sulfide) groups is 1. The summed E-state index contributed by atoms with van der Waals surface area (Å²) in [6.45, 7) is 2.19. The lowest BCUT2D eigenvalue weighted by atomic mass is 9.94. The van der Waals surface area contributed by atoms with Gasteiger partial charge in [0.2, 0.25) is 5.91 Å². The van der Waals surface area contributed by atoms with Gasteiger partial charge in [-0.25, -0.2) is 0 Å². The number of anilines is 1. The molecule has 0 bridgehead atoms. The number of aryl methyl sites for hydroxylation is 1. The molecule has 4 nitrogen and oxygen atoms in total. The molecule has 3 rings (SSSR count). The zero-order valence-electron chi connectivity index (χ0n) is 13.6. The van der Waals surface area contributed by atoms with Crippen LogP contribution in [0.15, 0.2) is 18.2 Å². The fraction of sp³-hybridized carbons (Fsp3) is 0.556. The van der Waals surface area contributed by atoms with Crippen molar-refractivity contribution in [1.29, 1.82) is 0 Å². The van der Waals surface area contributed by atoms with Crippen molar-refractivity contribution in [2.24, 2.45) is 0 Å². The van der Waals surface area contributed by atoms with E-state index in [9.17, 15) is 9.59 Å². The largest absolute Gasteiger partial charge is 0.349 e. The summed E-state index contributed by atoms with van der Waals surface area (Å²) < 4.78 is 0. The van der Waals surface area contributed by atoms with Gasteiger partial charge in [-0.3, -0.25) is 9.59 Å². The van der Waals surface area contributed by atoms with E-state index in [-0.39, 0.29) is 17.9 Å². The number of benzene rings is 1. The summed E-state index contributed by atoms with van der Waals surface area (Å²) in [5.41, 5.74) is 2.60. The molecule has 23 heavy (non-hydrogen) atoms. The normalized spacial score (nSPS) is 23.8. The van der Waals surface area contributed by atoms with Crippen molar-refractivity contribution < 1.29 is 9.59 Å². The van der Waals surface area contributed by atoms with Crippen LogP contribution in [0.4, 0.5) is 5.69 Å². The molecular weight excluding hydrogens is 308 g/mol. The molecule has 1 heterocycles. The Kier molecular flexibility index (Phi) is 5.26. The number of hydrogen-bond acceptors (Lipinski definition) is 3. The third-order valence-corrected chi connectivity index (χ3v) is 5.86. The predicted molar refractivity (Wildman–Crippen MR) is 95.0 cm³/mol. The molecule has 0 radical (unpaired) electrons. The molecule has 1 fully saturated rings. The number of amides is 2. The average molecular weight is 332 g/mol. The Balaban J connectivity index is 1.63. The minimum Gasteiger partial charge on any atom is -0.349 e. The van der Waals surface area contributed by atoms with Gasteiger partial charge in [-0.1, -0.05) is 13.3 Å². The topological polar surface area (TPSA) is 58.2 Å². The third kappa shape index (κ3) is 4.08. The summed E-state index contributed by atoms with van der Waals surface area (Å²) in [4.78, 5) is 23.9. The molecule has 1 aliphatic heterocycles. The van der Waals surface area contributed by atoms with E-state index in [2.05, 4.69) is 17.6 Å². The summed E-state index contributed by atoms with van der Waals surface area (Å²) >= 11 is 2.01. The van der Waals surface area contributed by atoms with Crippen LogP contribution in [0.2, 0.25) is 0 Å². The van der Waals surface area contributed by atoms with Gasteiger partial charge < -0.3 is 10.6 Å². The molecule has 0 spiro atoms. The van der Waals surface area contributed by atoms with Crippen molar-refractivity contribution in [3.05, 3.63) is 29.3 Å². The van der Waals surface area contributed by atoms with E-state index in [1.165, 1.54) is 12.8 Å². The van der Waals surface area contributed by atoms with Gasteiger partial charge in [0.25, 0.3) is 5.91 Å². The highest BCUT2D eigenvalue weighted by molar-refractivity contribution is 7.99. The number of fused-ring (bicyclic) bond motifs is 1. The maximum Gasteiger partial charge on any atom is 0.251 e. The number of rotatable bonds is 4. The second-order valence-corrected chi connectivity index (χ2v) is 7.91. The fourth-order valence-corrected chi connectivity index (χ4v) is 4.63. The smallest absolute Gasteiger partial charge is 0.251 e. The number of nitrogens with one attached hydrogen (secondary N) is 2. The third-order valence-electron chi connectivity index (χ3n) is 4.63. The highest BCUT2D eigenvalue weighted by Crippen LogP contribution is 2.29. The Morgan fingerprint density at radius 3 is 3.04 bits per heavy atom. The molecule has 2 N–H and O–H groups in total. The summed E-state index contributed by atoms with van der Waals surface area (Å²) in [5.74, 6) is 1.20. The first-order chi connectivity index (χ1) is 11.2.